The number of ether oxygens (including phenoxy) is 1. The van der Waals surface area contributed by atoms with Gasteiger partial charge in [0.1, 0.15) is 0 Å². The maximum atomic E-state index is 10.3. The van der Waals surface area contributed by atoms with Gasteiger partial charge in [0.15, 0.2) is 0 Å². The summed E-state index contributed by atoms with van der Waals surface area (Å²) >= 11 is 5.15. The molecule has 5 heteroatoms. The molecule has 0 atom stereocenters. The third-order valence-corrected chi connectivity index (χ3v) is 0.788. The van der Waals surface area contributed by atoms with E-state index in [1.807, 2.05) is 5.48 Å². The number of carbonyl (C=O) groups is 1. The number of carbonyl (C=O) groups excluding carboxylic acids is 1. The molecule has 1 N–H and O–H groups in total. The molecule has 58 valence electrons. The van der Waals surface area contributed by atoms with E-state index in [4.69, 9.17) is 11.6 Å². The van der Waals surface area contributed by atoms with Gasteiger partial charge in [0, 0.05) is 5.54 Å². The third kappa shape index (κ3) is 5.40. The average molecular weight is 166 g/mol. The molecule has 4 nitrogen and oxygen atoms in total. The fourth-order valence-corrected chi connectivity index (χ4v) is 0.299. The predicted octanol–water partition coefficient (Wildman–Crippen LogP) is 1.03. The fourth-order valence-electron chi connectivity index (χ4n) is 0.227. The first-order chi connectivity index (χ1) is 4.81. The fraction of sp³-hybridized carbons (Fsp3) is 0.400. The Hall–Kier alpha value is -0.740. The molecule has 0 aliphatic heterocycles. The van der Waals surface area contributed by atoms with Crippen LogP contribution in [0.2, 0.25) is 0 Å². The standard InChI is InChI=1S/C5H8ClNO3/c1-9-5(8)7-10-4-2-3-6/h2-3H,4H2,1H3,(H,7,8)/b3-2+. The molecule has 1 amide bonds. The minimum Gasteiger partial charge on any atom is -0.451 e. The molecule has 0 fully saturated rings. The highest BCUT2D eigenvalue weighted by molar-refractivity contribution is 6.25. The van der Waals surface area contributed by atoms with Gasteiger partial charge in [0.05, 0.1) is 13.7 Å². The Morgan fingerprint density at radius 3 is 3.00 bits per heavy atom. The van der Waals surface area contributed by atoms with Crippen molar-refractivity contribution in [2.45, 2.75) is 0 Å². The molecule has 0 saturated heterocycles. The number of hydroxylamine groups is 1. The van der Waals surface area contributed by atoms with Gasteiger partial charge in [-0.2, -0.15) is 5.48 Å². The number of nitrogens with one attached hydrogen (secondary N) is 1. The average Bonchev–Trinajstić information content (AvgIpc) is 1.98. The van der Waals surface area contributed by atoms with Crippen LogP contribution in [0.1, 0.15) is 0 Å². The number of amides is 1. The first kappa shape index (κ1) is 9.26. The summed E-state index contributed by atoms with van der Waals surface area (Å²) < 4.78 is 4.20. The molecule has 0 unspecified atom stereocenters. The quantitative estimate of drug-likeness (QED) is 0.502. The summed E-state index contributed by atoms with van der Waals surface area (Å²) in [7, 11) is 1.25. The lowest BCUT2D eigenvalue weighted by Crippen LogP contribution is -2.23. The minimum atomic E-state index is -0.636. The molecule has 0 aliphatic carbocycles. The maximum Gasteiger partial charge on any atom is 0.431 e. The summed E-state index contributed by atoms with van der Waals surface area (Å²) in [6, 6.07) is 0. The highest BCUT2D eigenvalue weighted by Crippen LogP contribution is 1.78. The zero-order valence-electron chi connectivity index (χ0n) is 5.46. The van der Waals surface area contributed by atoms with Crippen molar-refractivity contribution < 1.29 is 14.4 Å². The van der Waals surface area contributed by atoms with Crippen molar-refractivity contribution in [3.63, 3.8) is 0 Å². The molecule has 10 heavy (non-hydrogen) atoms. The van der Waals surface area contributed by atoms with E-state index in [0.717, 1.165) is 0 Å². The van der Waals surface area contributed by atoms with E-state index < -0.39 is 6.09 Å². The Labute approximate surface area is 63.7 Å². The number of halogens is 1. The van der Waals surface area contributed by atoms with Crippen LogP contribution in [0.25, 0.3) is 0 Å². The zero-order valence-corrected chi connectivity index (χ0v) is 6.22. The number of hydrogen-bond acceptors (Lipinski definition) is 3. The second kappa shape index (κ2) is 6.38. The summed E-state index contributed by atoms with van der Waals surface area (Å²) in [5.74, 6) is 0. The molecule has 0 bridgehead atoms. The van der Waals surface area contributed by atoms with E-state index in [1.165, 1.54) is 18.7 Å². The molecule has 0 saturated carbocycles. The van der Waals surface area contributed by atoms with Gasteiger partial charge in [-0.1, -0.05) is 11.6 Å². The van der Waals surface area contributed by atoms with Crippen LogP contribution in [0.5, 0.6) is 0 Å². The van der Waals surface area contributed by atoms with Crippen molar-refractivity contribution in [1.82, 2.24) is 5.48 Å². The van der Waals surface area contributed by atoms with Crippen LogP contribution in [0, 0.1) is 0 Å². The van der Waals surface area contributed by atoms with Gasteiger partial charge >= 0.3 is 6.09 Å². The maximum absolute atomic E-state index is 10.3. The Morgan fingerprint density at radius 1 is 1.80 bits per heavy atom. The van der Waals surface area contributed by atoms with E-state index in [1.54, 1.807) is 0 Å². The van der Waals surface area contributed by atoms with Gasteiger partial charge in [-0.25, -0.2) is 4.79 Å². The Morgan fingerprint density at radius 2 is 2.50 bits per heavy atom. The van der Waals surface area contributed by atoms with E-state index in [2.05, 4.69) is 9.57 Å². The third-order valence-electron chi connectivity index (χ3n) is 0.610. The number of rotatable bonds is 3. The van der Waals surface area contributed by atoms with Crippen LogP contribution < -0.4 is 5.48 Å². The molecule has 0 rings (SSSR count). The molecular weight excluding hydrogens is 158 g/mol. The van der Waals surface area contributed by atoms with E-state index in [9.17, 15) is 4.79 Å². The van der Waals surface area contributed by atoms with Crippen LogP contribution in [0.15, 0.2) is 11.6 Å². The molecule has 0 aromatic heterocycles. The van der Waals surface area contributed by atoms with Crippen molar-refractivity contribution in [2.24, 2.45) is 0 Å². The van der Waals surface area contributed by atoms with Gasteiger partial charge in [0.2, 0.25) is 0 Å². The van der Waals surface area contributed by atoms with Crippen LogP contribution in [-0.4, -0.2) is 19.8 Å². The zero-order chi connectivity index (χ0) is 7.82. The molecule has 0 radical (unpaired) electrons. The van der Waals surface area contributed by atoms with Crippen molar-refractivity contribution in [3.05, 3.63) is 11.6 Å². The molecule has 0 heterocycles. The molecule has 0 aromatic carbocycles. The van der Waals surface area contributed by atoms with Gasteiger partial charge in [-0.05, 0) is 6.08 Å². The van der Waals surface area contributed by atoms with Crippen LogP contribution in [-0.2, 0) is 9.57 Å². The molecule has 0 aromatic rings. The van der Waals surface area contributed by atoms with E-state index in [-0.39, 0.29) is 6.61 Å². The highest BCUT2D eigenvalue weighted by Gasteiger charge is 1.93. The van der Waals surface area contributed by atoms with Crippen LogP contribution in [0.3, 0.4) is 0 Å². The Kier molecular flexibility index (Phi) is 5.91. The topological polar surface area (TPSA) is 47.6 Å². The largest absolute Gasteiger partial charge is 0.451 e. The molecule has 0 spiro atoms. The van der Waals surface area contributed by atoms with Gasteiger partial charge in [-0.3, -0.25) is 4.84 Å². The monoisotopic (exact) mass is 165 g/mol. The second-order valence-corrected chi connectivity index (χ2v) is 1.52. The molecule has 0 aliphatic rings. The highest BCUT2D eigenvalue weighted by atomic mass is 35.5. The first-order valence-electron chi connectivity index (χ1n) is 2.52. The summed E-state index contributed by atoms with van der Waals surface area (Å²) in [5, 5.41) is 0. The summed E-state index contributed by atoms with van der Waals surface area (Å²) in [5.41, 5.74) is 3.29. The Balaban J connectivity index is 3.11. The summed E-state index contributed by atoms with van der Waals surface area (Å²) in [6.07, 6.45) is 0.889. The van der Waals surface area contributed by atoms with Crippen molar-refractivity contribution in [2.75, 3.05) is 13.7 Å². The second-order valence-electron chi connectivity index (χ2n) is 1.27. The molecular formula is C5H8ClNO3. The first-order valence-corrected chi connectivity index (χ1v) is 2.96. The van der Waals surface area contributed by atoms with Crippen molar-refractivity contribution >= 4 is 17.7 Å². The van der Waals surface area contributed by atoms with E-state index >= 15 is 0 Å². The van der Waals surface area contributed by atoms with E-state index in [0.29, 0.717) is 0 Å². The van der Waals surface area contributed by atoms with Crippen molar-refractivity contribution in [1.29, 1.82) is 0 Å². The van der Waals surface area contributed by atoms with Crippen LogP contribution in [0.4, 0.5) is 4.79 Å². The van der Waals surface area contributed by atoms with Crippen molar-refractivity contribution in [3.8, 4) is 0 Å². The summed E-state index contributed by atoms with van der Waals surface area (Å²) in [6.45, 7) is 0.221. The SMILES string of the molecule is COC(=O)NOC/C=C/Cl. The normalized spacial score (nSPS) is 9.80. The lowest BCUT2D eigenvalue weighted by Gasteiger charge is -1.99. The minimum absolute atomic E-state index is 0.221. The van der Waals surface area contributed by atoms with Crippen LogP contribution >= 0.6 is 11.6 Å². The van der Waals surface area contributed by atoms with Gasteiger partial charge < -0.3 is 4.74 Å². The number of hydrogen-bond donors (Lipinski definition) is 1. The van der Waals surface area contributed by atoms with Gasteiger partial charge in [0.25, 0.3) is 0 Å². The van der Waals surface area contributed by atoms with Gasteiger partial charge in [-0.15, -0.1) is 0 Å². The number of methoxy groups -OCH3 is 1. The predicted molar refractivity (Wildman–Crippen MR) is 36.5 cm³/mol. The lowest BCUT2D eigenvalue weighted by atomic mass is 10.7. The lowest BCUT2D eigenvalue weighted by molar-refractivity contribution is 0.0507. The smallest absolute Gasteiger partial charge is 0.431 e. The summed E-state index contributed by atoms with van der Waals surface area (Å²) in [4.78, 5) is 14.8. The Bertz CT molecular complexity index is 126.